The van der Waals surface area contributed by atoms with Gasteiger partial charge in [-0.1, -0.05) is 25.2 Å². The second-order valence-corrected chi connectivity index (χ2v) is 5.77. The Morgan fingerprint density at radius 2 is 2.25 bits per heavy atom. The Kier molecular flexibility index (Phi) is 5.73. The Morgan fingerprint density at radius 1 is 1.40 bits per heavy atom. The third-order valence-electron chi connectivity index (χ3n) is 3.57. The highest BCUT2D eigenvalue weighted by atomic mass is 35.5. The molecule has 0 radical (unpaired) electrons. The second-order valence-electron chi connectivity index (χ2n) is 5.39. The smallest absolute Gasteiger partial charge is 0.138 e. The van der Waals surface area contributed by atoms with Gasteiger partial charge in [-0.25, -0.2) is 4.39 Å². The first-order chi connectivity index (χ1) is 9.69. The average molecular weight is 295 g/mol. The molecule has 0 heterocycles. The molecule has 0 spiro atoms. The van der Waals surface area contributed by atoms with Gasteiger partial charge in [0.05, 0.1) is 11.7 Å². The van der Waals surface area contributed by atoms with Crippen LogP contribution in [0.1, 0.15) is 44.6 Å². The van der Waals surface area contributed by atoms with E-state index >= 15 is 0 Å². The molecule has 0 aliphatic heterocycles. The molecule has 1 aromatic rings. The zero-order valence-corrected chi connectivity index (χ0v) is 12.5. The monoisotopic (exact) mass is 294 g/mol. The lowest BCUT2D eigenvalue weighted by molar-refractivity contribution is 0.128. The van der Waals surface area contributed by atoms with Crippen LogP contribution < -0.4 is 4.74 Å². The molecule has 0 bridgehead atoms. The molecule has 1 aromatic carbocycles. The summed E-state index contributed by atoms with van der Waals surface area (Å²) in [6.45, 7) is 2.24. The van der Waals surface area contributed by atoms with Gasteiger partial charge in [-0.3, -0.25) is 0 Å². The number of ether oxygens (including phenoxy) is 1. The molecule has 1 fully saturated rings. The van der Waals surface area contributed by atoms with E-state index in [1.54, 1.807) is 6.07 Å². The highest BCUT2D eigenvalue weighted by molar-refractivity contribution is 6.18. The topological polar surface area (TPSA) is 9.23 Å². The van der Waals surface area contributed by atoms with Gasteiger partial charge in [-0.05, 0) is 37.3 Å². The van der Waals surface area contributed by atoms with Crippen LogP contribution in [0.5, 0.6) is 5.75 Å². The second kappa shape index (κ2) is 7.55. The molecule has 1 nitrogen and oxygen atoms in total. The fraction of sp³-hybridized carbons (Fsp3) is 0.529. The van der Waals surface area contributed by atoms with Crippen LogP contribution in [0, 0.1) is 23.6 Å². The minimum atomic E-state index is -0.285. The average Bonchev–Trinajstić information content (AvgIpc) is 2.41. The zero-order chi connectivity index (χ0) is 14.4. The lowest BCUT2D eigenvalue weighted by atomic mass is 9.88. The van der Waals surface area contributed by atoms with E-state index in [1.165, 1.54) is 25.0 Å². The lowest BCUT2D eigenvalue weighted by Gasteiger charge is -2.27. The molecule has 1 aliphatic carbocycles. The van der Waals surface area contributed by atoms with Crippen LogP contribution in [0.25, 0.3) is 0 Å². The van der Waals surface area contributed by atoms with Crippen molar-refractivity contribution in [1.29, 1.82) is 0 Å². The van der Waals surface area contributed by atoms with Crippen molar-refractivity contribution in [2.45, 2.75) is 45.1 Å². The molecule has 0 aromatic heterocycles. The van der Waals surface area contributed by atoms with Crippen molar-refractivity contribution in [2.75, 3.05) is 5.88 Å². The largest absolute Gasteiger partial charge is 0.489 e. The standard InChI is InChI=1S/C17H20ClFO/c1-13-5-4-7-16(11-13)20-17-12-15(19)9-8-14(17)6-2-3-10-18/h8-9,12-13,16H,3-5,7,10-11H2,1H3. The maximum absolute atomic E-state index is 13.4. The van der Waals surface area contributed by atoms with E-state index in [9.17, 15) is 4.39 Å². The first kappa shape index (κ1) is 15.2. The van der Waals surface area contributed by atoms with Gasteiger partial charge >= 0.3 is 0 Å². The van der Waals surface area contributed by atoms with Crippen LogP contribution in [-0.2, 0) is 0 Å². The molecule has 0 N–H and O–H groups in total. The van der Waals surface area contributed by atoms with Crippen molar-refractivity contribution < 1.29 is 9.13 Å². The summed E-state index contributed by atoms with van der Waals surface area (Å²) in [4.78, 5) is 0. The number of benzene rings is 1. The summed E-state index contributed by atoms with van der Waals surface area (Å²) in [5.41, 5.74) is 0.745. The molecule has 2 unspecified atom stereocenters. The summed E-state index contributed by atoms with van der Waals surface area (Å²) in [5.74, 6) is 7.44. The van der Waals surface area contributed by atoms with Gasteiger partial charge in [-0.2, -0.15) is 0 Å². The molecular formula is C17H20ClFO. The maximum Gasteiger partial charge on any atom is 0.138 e. The van der Waals surface area contributed by atoms with Crippen LogP contribution in [0.4, 0.5) is 4.39 Å². The van der Waals surface area contributed by atoms with Crippen molar-refractivity contribution in [3.63, 3.8) is 0 Å². The molecular weight excluding hydrogens is 275 g/mol. The van der Waals surface area contributed by atoms with Gasteiger partial charge in [0.15, 0.2) is 0 Å². The van der Waals surface area contributed by atoms with E-state index < -0.39 is 0 Å². The summed E-state index contributed by atoms with van der Waals surface area (Å²) in [5, 5.41) is 0. The molecule has 1 saturated carbocycles. The molecule has 0 saturated heterocycles. The Labute approximate surface area is 125 Å². The Bertz CT molecular complexity index is 503. The van der Waals surface area contributed by atoms with E-state index in [-0.39, 0.29) is 11.9 Å². The number of hydrogen-bond donors (Lipinski definition) is 0. The van der Waals surface area contributed by atoms with Crippen LogP contribution in [0.15, 0.2) is 18.2 Å². The molecule has 20 heavy (non-hydrogen) atoms. The molecule has 108 valence electrons. The summed E-state index contributed by atoms with van der Waals surface area (Å²) in [6.07, 6.45) is 5.30. The number of halogens is 2. The minimum Gasteiger partial charge on any atom is -0.489 e. The van der Waals surface area contributed by atoms with E-state index in [2.05, 4.69) is 18.8 Å². The molecule has 3 heteroatoms. The Morgan fingerprint density at radius 3 is 3.00 bits per heavy atom. The molecule has 1 aliphatic rings. The lowest BCUT2D eigenvalue weighted by Crippen LogP contribution is -2.24. The fourth-order valence-electron chi connectivity index (χ4n) is 2.57. The first-order valence-corrected chi connectivity index (χ1v) is 7.73. The van der Waals surface area contributed by atoms with Crippen LogP contribution in [0.2, 0.25) is 0 Å². The van der Waals surface area contributed by atoms with Gasteiger partial charge in [0, 0.05) is 18.4 Å². The summed E-state index contributed by atoms with van der Waals surface area (Å²) in [6, 6.07) is 4.53. The Balaban J connectivity index is 2.12. The van der Waals surface area contributed by atoms with Crippen molar-refractivity contribution >= 4 is 11.6 Å². The molecule has 2 rings (SSSR count). The van der Waals surface area contributed by atoms with Gasteiger partial charge < -0.3 is 4.74 Å². The molecule has 0 amide bonds. The van der Waals surface area contributed by atoms with Crippen molar-refractivity contribution in [3.8, 4) is 17.6 Å². The van der Waals surface area contributed by atoms with Gasteiger partial charge in [0.25, 0.3) is 0 Å². The third kappa shape index (κ3) is 4.42. The predicted octanol–water partition coefficient (Wildman–Crippen LogP) is 4.76. The van der Waals surface area contributed by atoms with E-state index in [4.69, 9.17) is 16.3 Å². The molecule has 2 atom stereocenters. The number of hydrogen-bond acceptors (Lipinski definition) is 1. The van der Waals surface area contributed by atoms with Gasteiger partial charge in [0.2, 0.25) is 0 Å². The van der Waals surface area contributed by atoms with Gasteiger partial charge in [0.1, 0.15) is 11.6 Å². The highest BCUT2D eigenvalue weighted by Crippen LogP contribution is 2.29. The number of alkyl halides is 1. The van der Waals surface area contributed by atoms with Crippen molar-refractivity contribution in [1.82, 2.24) is 0 Å². The minimum absolute atomic E-state index is 0.175. The van der Waals surface area contributed by atoms with E-state index in [0.29, 0.717) is 24.0 Å². The summed E-state index contributed by atoms with van der Waals surface area (Å²) in [7, 11) is 0. The Hall–Kier alpha value is -1.20. The third-order valence-corrected chi connectivity index (χ3v) is 3.76. The van der Waals surface area contributed by atoms with Gasteiger partial charge in [-0.15, -0.1) is 11.6 Å². The summed E-state index contributed by atoms with van der Waals surface area (Å²) < 4.78 is 19.4. The quantitative estimate of drug-likeness (QED) is 0.577. The normalized spacial score (nSPS) is 21.9. The highest BCUT2D eigenvalue weighted by Gasteiger charge is 2.21. The predicted molar refractivity (Wildman–Crippen MR) is 80.7 cm³/mol. The van der Waals surface area contributed by atoms with E-state index in [1.807, 2.05) is 0 Å². The zero-order valence-electron chi connectivity index (χ0n) is 11.8. The van der Waals surface area contributed by atoms with Crippen LogP contribution in [-0.4, -0.2) is 12.0 Å². The summed E-state index contributed by atoms with van der Waals surface area (Å²) >= 11 is 5.61. The van der Waals surface area contributed by atoms with Crippen LogP contribution >= 0.6 is 11.6 Å². The number of rotatable bonds is 3. The van der Waals surface area contributed by atoms with Crippen molar-refractivity contribution in [3.05, 3.63) is 29.6 Å². The van der Waals surface area contributed by atoms with Crippen molar-refractivity contribution in [2.24, 2.45) is 5.92 Å². The SMILES string of the molecule is CC1CCCC(Oc2cc(F)ccc2C#CCCCl)C1. The fourth-order valence-corrected chi connectivity index (χ4v) is 2.66. The maximum atomic E-state index is 13.4. The van der Waals surface area contributed by atoms with Crippen LogP contribution in [0.3, 0.4) is 0 Å². The first-order valence-electron chi connectivity index (χ1n) is 7.20. The van der Waals surface area contributed by atoms with E-state index in [0.717, 1.165) is 18.4 Å².